The van der Waals surface area contributed by atoms with Gasteiger partial charge in [-0.1, -0.05) is 25.9 Å². The first-order valence-electron chi connectivity index (χ1n) is 3.63. The Kier molecular flexibility index (Phi) is 2.12. The summed E-state index contributed by atoms with van der Waals surface area (Å²) in [5.74, 6) is 0.521. The van der Waals surface area contributed by atoms with Crippen molar-refractivity contribution < 1.29 is 5.21 Å². The number of aromatic nitrogens is 3. The number of hydrogen-bond acceptors (Lipinski definition) is 4. The summed E-state index contributed by atoms with van der Waals surface area (Å²) in [6, 6.07) is 0. The molecule has 0 saturated carbocycles. The Morgan fingerprint density at radius 2 is 1.83 bits per heavy atom. The highest BCUT2D eigenvalue weighted by molar-refractivity contribution is 5.88. The minimum absolute atomic E-state index is 0.225. The highest BCUT2D eigenvalue weighted by Gasteiger charge is 2.21. The fraction of sp³-hybridized carbons (Fsp3) is 0.571. The van der Waals surface area contributed by atoms with E-state index in [1.807, 2.05) is 20.8 Å². The standard InChI is InChI=1S/C7H12N4O/c1-7(2,3)6(10-12)11-4-8-9-5-11/h4-5,12H,1-3H3/b10-6-. The van der Waals surface area contributed by atoms with Gasteiger partial charge in [0.25, 0.3) is 0 Å². The van der Waals surface area contributed by atoms with E-state index in [0.717, 1.165) is 0 Å². The van der Waals surface area contributed by atoms with Gasteiger partial charge in [0.1, 0.15) is 12.7 Å². The molecule has 12 heavy (non-hydrogen) atoms. The molecule has 0 aliphatic rings. The van der Waals surface area contributed by atoms with Gasteiger partial charge in [-0.15, -0.1) is 10.2 Å². The fourth-order valence-corrected chi connectivity index (χ4v) is 0.899. The normalized spacial score (nSPS) is 13.4. The van der Waals surface area contributed by atoms with Crippen molar-refractivity contribution >= 4 is 5.84 Å². The molecule has 0 aliphatic heterocycles. The van der Waals surface area contributed by atoms with Crippen LogP contribution in [0, 0.1) is 5.41 Å². The van der Waals surface area contributed by atoms with Crippen molar-refractivity contribution in [2.75, 3.05) is 0 Å². The molecule has 0 unspecified atom stereocenters. The lowest BCUT2D eigenvalue weighted by atomic mass is 9.95. The van der Waals surface area contributed by atoms with E-state index in [1.54, 1.807) is 4.57 Å². The highest BCUT2D eigenvalue weighted by atomic mass is 16.4. The Morgan fingerprint density at radius 3 is 2.17 bits per heavy atom. The molecule has 1 heterocycles. The smallest absolute Gasteiger partial charge is 0.160 e. The van der Waals surface area contributed by atoms with Crippen molar-refractivity contribution in [1.82, 2.24) is 14.8 Å². The molecule has 0 atom stereocenters. The summed E-state index contributed by atoms with van der Waals surface area (Å²) >= 11 is 0. The molecular formula is C7H12N4O. The molecule has 1 aromatic rings. The molecule has 0 amide bonds. The number of hydrogen-bond donors (Lipinski definition) is 1. The molecule has 0 bridgehead atoms. The monoisotopic (exact) mass is 168 g/mol. The van der Waals surface area contributed by atoms with Gasteiger partial charge < -0.3 is 5.21 Å². The summed E-state index contributed by atoms with van der Waals surface area (Å²) < 4.78 is 1.58. The molecular weight excluding hydrogens is 156 g/mol. The second-order valence-electron chi connectivity index (χ2n) is 3.54. The topological polar surface area (TPSA) is 63.3 Å². The van der Waals surface area contributed by atoms with Gasteiger partial charge in [-0.3, -0.25) is 4.57 Å². The third-order valence-electron chi connectivity index (χ3n) is 1.43. The zero-order chi connectivity index (χ0) is 9.19. The molecule has 1 N–H and O–H groups in total. The van der Waals surface area contributed by atoms with Gasteiger partial charge in [-0.25, -0.2) is 0 Å². The average Bonchev–Trinajstić information content (AvgIpc) is 2.38. The van der Waals surface area contributed by atoms with Crippen LogP contribution in [0.4, 0.5) is 0 Å². The molecule has 0 saturated heterocycles. The van der Waals surface area contributed by atoms with Gasteiger partial charge in [-0.05, 0) is 0 Å². The maximum Gasteiger partial charge on any atom is 0.160 e. The van der Waals surface area contributed by atoms with Gasteiger partial charge in [0.2, 0.25) is 0 Å². The lowest BCUT2D eigenvalue weighted by molar-refractivity contribution is 0.307. The summed E-state index contributed by atoms with van der Waals surface area (Å²) in [5, 5.41) is 19.2. The van der Waals surface area contributed by atoms with E-state index in [4.69, 9.17) is 5.21 Å². The van der Waals surface area contributed by atoms with E-state index in [9.17, 15) is 0 Å². The molecule has 0 radical (unpaired) electrons. The Balaban J connectivity index is 3.01. The first-order chi connectivity index (χ1) is 5.55. The zero-order valence-electron chi connectivity index (χ0n) is 7.39. The molecule has 0 fully saturated rings. The van der Waals surface area contributed by atoms with E-state index in [1.165, 1.54) is 12.7 Å². The number of oxime groups is 1. The van der Waals surface area contributed by atoms with Crippen LogP contribution in [0.25, 0.3) is 0 Å². The van der Waals surface area contributed by atoms with Crippen molar-refractivity contribution in [2.24, 2.45) is 10.6 Å². The van der Waals surface area contributed by atoms with Crippen LogP contribution in [0.1, 0.15) is 20.8 Å². The van der Waals surface area contributed by atoms with Gasteiger partial charge in [0, 0.05) is 5.41 Å². The van der Waals surface area contributed by atoms with Crippen molar-refractivity contribution in [3.8, 4) is 0 Å². The summed E-state index contributed by atoms with van der Waals surface area (Å²) in [6.07, 6.45) is 3.00. The lowest BCUT2D eigenvalue weighted by Crippen LogP contribution is -2.26. The maximum atomic E-state index is 8.75. The highest BCUT2D eigenvalue weighted by Crippen LogP contribution is 2.16. The quantitative estimate of drug-likeness (QED) is 0.271. The van der Waals surface area contributed by atoms with Crippen LogP contribution in [0.15, 0.2) is 17.8 Å². The number of rotatable bonds is 0. The first-order valence-corrected chi connectivity index (χ1v) is 3.63. The Hall–Kier alpha value is -1.39. The maximum absolute atomic E-state index is 8.75. The zero-order valence-corrected chi connectivity index (χ0v) is 7.39. The van der Waals surface area contributed by atoms with E-state index in [0.29, 0.717) is 5.84 Å². The number of nitrogens with zero attached hydrogens (tertiary/aromatic N) is 4. The lowest BCUT2D eigenvalue weighted by Gasteiger charge is -2.19. The van der Waals surface area contributed by atoms with Crippen molar-refractivity contribution in [2.45, 2.75) is 20.8 Å². The molecule has 0 aliphatic carbocycles. The molecule has 0 aromatic carbocycles. The molecule has 1 aromatic heterocycles. The average molecular weight is 168 g/mol. The van der Waals surface area contributed by atoms with Crippen LogP contribution in [-0.2, 0) is 0 Å². The second kappa shape index (κ2) is 2.92. The molecule has 1 rings (SSSR count). The largest absolute Gasteiger partial charge is 0.409 e. The minimum atomic E-state index is -0.225. The molecule has 66 valence electrons. The van der Waals surface area contributed by atoms with Gasteiger partial charge in [0.05, 0.1) is 0 Å². The van der Waals surface area contributed by atoms with Crippen molar-refractivity contribution in [3.63, 3.8) is 0 Å². The SMILES string of the molecule is CC(C)(C)/C(=N/O)n1cnnc1. The van der Waals surface area contributed by atoms with E-state index in [-0.39, 0.29) is 5.41 Å². The van der Waals surface area contributed by atoms with Gasteiger partial charge in [-0.2, -0.15) is 0 Å². The summed E-state index contributed by atoms with van der Waals surface area (Å²) in [4.78, 5) is 0. The predicted octanol–water partition coefficient (Wildman–Crippen LogP) is 0.960. The predicted molar refractivity (Wildman–Crippen MR) is 44.1 cm³/mol. The van der Waals surface area contributed by atoms with Crippen molar-refractivity contribution in [3.05, 3.63) is 12.7 Å². The van der Waals surface area contributed by atoms with Crippen LogP contribution in [0.2, 0.25) is 0 Å². The van der Waals surface area contributed by atoms with Crippen LogP contribution in [0.3, 0.4) is 0 Å². The van der Waals surface area contributed by atoms with Crippen LogP contribution in [0.5, 0.6) is 0 Å². The molecule has 5 nitrogen and oxygen atoms in total. The van der Waals surface area contributed by atoms with Crippen LogP contribution in [-0.4, -0.2) is 25.8 Å². The van der Waals surface area contributed by atoms with E-state index < -0.39 is 0 Å². The summed E-state index contributed by atoms with van der Waals surface area (Å²) in [6.45, 7) is 5.84. The van der Waals surface area contributed by atoms with E-state index in [2.05, 4.69) is 15.4 Å². The third-order valence-corrected chi connectivity index (χ3v) is 1.43. The van der Waals surface area contributed by atoms with Gasteiger partial charge >= 0.3 is 0 Å². The van der Waals surface area contributed by atoms with Crippen molar-refractivity contribution in [1.29, 1.82) is 0 Å². The Bertz CT molecular complexity index is 270. The summed E-state index contributed by atoms with van der Waals surface area (Å²) in [7, 11) is 0. The Morgan fingerprint density at radius 1 is 1.33 bits per heavy atom. The van der Waals surface area contributed by atoms with Crippen LogP contribution < -0.4 is 0 Å². The Labute approximate surface area is 70.7 Å². The fourth-order valence-electron chi connectivity index (χ4n) is 0.899. The molecule has 0 spiro atoms. The second-order valence-corrected chi connectivity index (χ2v) is 3.54. The van der Waals surface area contributed by atoms with Crippen LogP contribution >= 0.6 is 0 Å². The summed E-state index contributed by atoms with van der Waals surface area (Å²) in [5.41, 5.74) is -0.225. The first kappa shape index (κ1) is 8.70. The molecule has 5 heteroatoms. The van der Waals surface area contributed by atoms with E-state index >= 15 is 0 Å². The third kappa shape index (κ3) is 1.61. The minimum Gasteiger partial charge on any atom is -0.409 e. The van der Waals surface area contributed by atoms with Gasteiger partial charge in [0.15, 0.2) is 5.84 Å².